The second kappa shape index (κ2) is 9.93. The molecule has 1 atom stereocenters. The maximum Gasteiger partial charge on any atom is 0.266 e. The highest BCUT2D eigenvalue weighted by Gasteiger charge is 2.15. The van der Waals surface area contributed by atoms with E-state index in [-0.39, 0.29) is 24.6 Å². The number of carbonyl (C=O) groups excluding carboxylic acids is 1. The molecule has 1 heterocycles. The normalized spacial score (nSPS) is 11.6. The molecule has 0 fully saturated rings. The second-order valence-electron chi connectivity index (χ2n) is 7.33. The van der Waals surface area contributed by atoms with E-state index in [1.54, 1.807) is 20.1 Å². The smallest absolute Gasteiger partial charge is 0.266 e. The molecule has 1 aromatic heterocycles. The van der Waals surface area contributed by atoms with E-state index in [0.29, 0.717) is 17.2 Å². The summed E-state index contributed by atoms with van der Waals surface area (Å²) < 4.78 is 12.4. The Labute approximate surface area is 181 Å². The number of aromatic nitrogens is 2. The first-order valence-electron chi connectivity index (χ1n) is 10.1. The molecule has 0 aliphatic rings. The Morgan fingerprint density at radius 2 is 1.94 bits per heavy atom. The Morgan fingerprint density at radius 1 is 1.13 bits per heavy atom. The van der Waals surface area contributed by atoms with E-state index in [1.807, 2.05) is 56.3 Å². The number of rotatable bonds is 8. The lowest BCUT2D eigenvalue weighted by Crippen LogP contribution is -2.39. The van der Waals surface area contributed by atoms with E-state index >= 15 is 0 Å². The van der Waals surface area contributed by atoms with Crippen LogP contribution in [0.5, 0.6) is 11.5 Å². The number of methoxy groups -OCH3 is 1. The lowest BCUT2D eigenvalue weighted by Gasteiger charge is -2.17. The molecule has 31 heavy (non-hydrogen) atoms. The van der Waals surface area contributed by atoms with Gasteiger partial charge in [0.15, 0.2) is 6.10 Å². The molecule has 0 spiro atoms. The third-order valence-electron chi connectivity index (χ3n) is 4.87. The van der Waals surface area contributed by atoms with Gasteiger partial charge in [-0.1, -0.05) is 24.3 Å². The zero-order chi connectivity index (χ0) is 22.4. The van der Waals surface area contributed by atoms with Gasteiger partial charge in [0.1, 0.15) is 11.5 Å². The monoisotopic (exact) mass is 421 g/mol. The Bertz CT molecular complexity index is 1120. The molecule has 0 aliphatic carbocycles. The van der Waals surface area contributed by atoms with E-state index in [2.05, 4.69) is 10.4 Å². The van der Waals surface area contributed by atoms with Gasteiger partial charge in [0.05, 0.1) is 19.3 Å². The zero-order valence-electron chi connectivity index (χ0n) is 18.2. The Hall–Kier alpha value is -3.61. The fraction of sp³-hybridized carbons (Fsp3) is 0.292. The van der Waals surface area contributed by atoms with Crippen molar-refractivity contribution in [2.75, 3.05) is 13.7 Å². The molecule has 3 aromatic rings. The SMILES string of the molecule is COc1cccc(-c2ccc(=O)n(CCNC(=O)C(C)Oc3cc(C)ccc3C)n2)c1. The number of nitrogens with zero attached hydrogens (tertiary/aromatic N) is 2. The minimum atomic E-state index is -0.659. The number of carbonyl (C=O) groups is 1. The van der Waals surface area contributed by atoms with Gasteiger partial charge in [0, 0.05) is 18.2 Å². The van der Waals surface area contributed by atoms with Gasteiger partial charge in [0.25, 0.3) is 11.5 Å². The van der Waals surface area contributed by atoms with Crippen LogP contribution in [0.1, 0.15) is 18.1 Å². The second-order valence-corrected chi connectivity index (χ2v) is 7.33. The lowest BCUT2D eigenvalue weighted by atomic mass is 10.1. The van der Waals surface area contributed by atoms with Crippen LogP contribution in [0.25, 0.3) is 11.3 Å². The Balaban J connectivity index is 1.61. The molecule has 0 saturated carbocycles. The van der Waals surface area contributed by atoms with E-state index in [9.17, 15) is 9.59 Å². The van der Waals surface area contributed by atoms with Crippen LogP contribution < -0.4 is 20.3 Å². The highest BCUT2D eigenvalue weighted by atomic mass is 16.5. The van der Waals surface area contributed by atoms with Gasteiger partial charge in [-0.05, 0) is 56.2 Å². The number of hydrogen-bond acceptors (Lipinski definition) is 5. The van der Waals surface area contributed by atoms with Crippen LogP contribution >= 0.6 is 0 Å². The van der Waals surface area contributed by atoms with Crippen molar-refractivity contribution < 1.29 is 14.3 Å². The summed E-state index contributed by atoms with van der Waals surface area (Å²) in [6.45, 7) is 6.12. The average molecular weight is 421 g/mol. The van der Waals surface area contributed by atoms with Crippen LogP contribution in [-0.4, -0.2) is 35.4 Å². The van der Waals surface area contributed by atoms with E-state index in [4.69, 9.17) is 9.47 Å². The summed E-state index contributed by atoms with van der Waals surface area (Å²) in [6.07, 6.45) is -0.659. The maximum atomic E-state index is 12.4. The minimum Gasteiger partial charge on any atom is -0.497 e. The zero-order valence-corrected chi connectivity index (χ0v) is 18.2. The quantitative estimate of drug-likeness (QED) is 0.604. The van der Waals surface area contributed by atoms with Gasteiger partial charge in [0.2, 0.25) is 0 Å². The third-order valence-corrected chi connectivity index (χ3v) is 4.87. The fourth-order valence-corrected chi connectivity index (χ4v) is 3.05. The standard InChI is InChI=1S/C24H27N3O4/c1-16-8-9-17(2)22(14-16)31-18(3)24(29)25-12-13-27-23(28)11-10-21(26-27)19-6-5-7-20(15-19)30-4/h5-11,14-15,18H,12-13H2,1-4H3,(H,25,29). The van der Waals surface area contributed by atoms with Crippen molar-refractivity contribution in [3.05, 3.63) is 76.1 Å². The maximum absolute atomic E-state index is 12.4. The van der Waals surface area contributed by atoms with Crippen molar-refractivity contribution in [3.8, 4) is 22.8 Å². The topological polar surface area (TPSA) is 82.5 Å². The molecular formula is C24H27N3O4. The molecule has 2 aromatic carbocycles. The van der Waals surface area contributed by atoms with Gasteiger partial charge >= 0.3 is 0 Å². The predicted octanol–water partition coefficient (Wildman–Crippen LogP) is 3.12. The van der Waals surface area contributed by atoms with Gasteiger partial charge < -0.3 is 14.8 Å². The Kier molecular flexibility index (Phi) is 7.07. The molecule has 3 rings (SSSR count). The largest absolute Gasteiger partial charge is 0.497 e. The van der Waals surface area contributed by atoms with Gasteiger partial charge in [-0.2, -0.15) is 5.10 Å². The summed E-state index contributed by atoms with van der Waals surface area (Å²) in [5.74, 6) is 1.14. The number of hydrogen-bond donors (Lipinski definition) is 1. The molecule has 1 N–H and O–H groups in total. The summed E-state index contributed by atoms with van der Waals surface area (Å²) in [5, 5.41) is 7.22. The molecule has 7 heteroatoms. The van der Waals surface area contributed by atoms with Crippen molar-refractivity contribution in [2.24, 2.45) is 0 Å². The van der Waals surface area contributed by atoms with Crippen molar-refractivity contribution in [3.63, 3.8) is 0 Å². The Morgan fingerprint density at radius 3 is 2.71 bits per heavy atom. The molecule has 0 aliphatic heterocycles. The molecular weight excluding hydrogens is 394 g/mol. The van der Waals surface area contributed by atoms with Crippen LogP contribution in [-0.2, 0) is 11.3 Å². The van der Waals surface area contributed by atoms with Crippen LogP contribution in [0.15, 0.2) is 59.4 Å². The van der Waals surface area contributed by atoms with Gasteiger partial charge in [-0.15, -0.1) is 0 Å². The first-order valence-corrected chi connectivity index (χ1v) is 10.1. The first-order chi connectivity index (χ1) is 14.9. The summed E-state index contributed by atoms with van der Waals surface area (Å²) in [6, 6.07) is 16.5. The first kappa shape index (κ1) is 22.1. The van der Waals surface area contributed by atoms with E-state index in [0.717, 1.165) is 16.7 Å². The molecule has 0 saturated heterocycles. The average Bonchev–Trinajstić information content (AvgIpc) is 2.77. The molecule has 1 amide bonds. The number of ether oxygens (including phenoxy) is 2. The van der Waals surface area contributed by atoms with Crippen LogP contribution in [0, 0.1) is 13.8 Å². The van der Waals surface area contributed by atoms with E-state index < -0.39 is 6.10 Å². The van der Waals surface area contributed by atoms with Crippen molar-refractivity contribution in [1.82, 2.24) is 15.1 Å². The molecule has 0 radical (unpaired) electrons. The fourth-order valence-electron chi connectivity index (χ4n) is 3.05. The van der Waals surface area contributed by atoms with Crippen molar-refractivity contribution >= 4 is 5.91 Å². The summed E-state index contributed by atoms with van der Waals surface area (Å²) in [7, 11) is 1.60. The number of benzene rings is 2. The van der Waals surface area contributed by atoms with Crippen LogP contribution in [0.4, 0.5) is 0 Å². The number of nitrogens with one attached hydrogen (secondary N) is 1. The highest BCUT2D eigenvalue weighted by molar-refractivity contribution is 5.80. The third kappa shape index (κ3) is 5.72. The number of amides is 1. The summed E-state index contributed by atoms with van der Waals surface area (Å²) in [5.41, 5.74) is 3.29. The highest BCUT2D eigenvalue weighted by Crippen LogP contribution is 2.21. The summed E-state index contributed by atoms with van der Waals surface area (Å²) >= 11 is 0. The van der Waals surface area contributed by atoms with Crippen molar-refractivity contribution in [1.29, 1.82) is 0 Å². The molecule has 162 valence electrons. The van der Waals surface area contributed by atoms with Gasteiger partial charge in [-0.25, -0.2) is 4.68 Å². The summed E-state index contributed by atoms with van der Waals surface area (Å²) in [4.78, 5) is 24.6. The molecule has 7 nitrogen and oxygen atoms in total. The minimum absolute atomic E-state index is 0.236. The molecule has 1 unspecified atom stereocenters. The number of aryl methyl sites for hydroxylation is 2. The van der Waals surface area contributed by atoms with E-state index in [1.165, 1.54) is 10.7 Å². The van der Waals surface area contributed by atoms with Crippen LogP contribution in [0.2, 0.25) is 0 Å². The van der Waals surface area contributed by atoms with Crippen LogP contribution in [0.3, 0.4) is 0 Å². The predicted molar refractivity (Wildman–Crippen MR) is 120 cm³/mol. The van der Waals surface area contributed by atoms with Gasteiger partial charge in [-0.3, -0.25) is 9.59 Å². The molecule has 0 bridgehead atoms. The van der Waals surface area contributed by atoms with Crippen molar-refractivity contribution in [2.45, 2.75) is 33.4 Å². The lowest BCUT2D eigenvalue weighted by molar-refractivity contribution is -0.127.